The highest BCUT2D eigenvalue weighted by Gasteiger charge is 2.13. The Bertz CT molecular complexity index is 416. The summed E-state index contributed by atoms with van der Waals surface area (Å²) in [5.74, 6) is -0.849. The van der Waals surface area contributed by atoms with Crippen LogP contribution in [0.3, 0.4) is 0 Å². The second-order valence-electron chi connectivity index (χ2n) is 4.77. The van der Waals surface area contributed by atoms with Gasteiger partial charge >= 0.3 is 5.97 Å². The van der Waals surface area contributed by atoms with Gasteiger partial charge in [-0.05, 0) is 19.1 Å². The van der Waals surface area contributed by atoms with E-state index in [4.69, 9.17) is 9.84 Å². The molecule has 0 saturated carbocycles. The monoisotopic (exact) mass is 284 g/mol. The Morgan fingerprint density at radius 1 is 1.53 bits per heavy atom. The van der Waals surface area contributed by atoms with Crippen molar-refractivity contribution >= 4 is 17.3 Å². The molecule has 2 heterocycles. The standard InChI is InChI=1S/C13H20N2O3S/c1-10(9-15-4-6-18-7-5-15)14-8-11-2-3-12(19-11)13(16)17/h2-3,10,14H,4-9H2,1H3,(H,16,17). The molecule has 1 aliphatic heterocycles. The molecule has 2 N–H and O–H groups in total. The van der Waals surface area contributed by atoms with Crippen molar-refractivity contribution in [3.05, 3.63) is 21.9 Å². The molecule has 2 rings (SSSR count). The Morgan fingerprint density at radius 2 is 2.26 bits per heavy atom. The summed E-state index contributed by atoms with van der Waals surface area (Å²) in [6.45, 7) is 7.51. The summed E-state index contributed by atoms with van der Waals surface area (Å²) in [6, 6.07) is 3.92. The van der Waals surface area contributed by atoms with Gasteiger partial charge in [0.1, 0.15) is 4.88 Å². The van der Waals surface area contributed by atoms with Crippen LogP contribution in [0.5, 0.6) is 0 Å². The van der Waals surface area contributed by atoms with E-state index in [0.717, 1.165) is 44.3 Å². The molecule has 0 aliphatic carbocycles. The highest BCUT2D eigenvalue weighted by molar-refractivity contribution is 7.13. The van der Waals surface area contributed by atoms with Gasteiger partial charge in [0.2, 0.25) is 0 Å². The molecule has 19 heavy (non-hydrogen) atoms. The molecule has 0 spiro atoms. The first-order valence-corrected chi connectivity index (χ1v) is 7.32. The zero-order valence-corrected chi connectivity index (χ0v) is 11.9. The Morgan fingerprint density at radius 3 is 2.89 bits per heavy atom. The number of nitrogens with zero attached hydrogens (tertiary/aromatic N) is 1. The van der Waals surface area contributed by atoms with Crippen LogP contribution in [0.15, 0.2) is 12.1 Å². The highest BCUT2D eigenvalue weighted by atomic mass is 32.1. The Balaban J connectivity index is 1.72. The number of morpholine rings is 1. The maximum Gasteiger partial charge on any atom is 0.345 e. The average Bonchev–Trinajstić information content (AvgIpc) is 2.86. The van der Waals surface area contributed by atoms with Crippen molar-refractivity contribution in [3.63, 3.8) is 0 Å². The molecule has 5 nitrogen and oxygen atoms in total. The third kappa shape index (κ3) is 4.58. The van der Waals surface area contributed by atoms with E-state index in [-0.39, 0.29) is 0 Å². The molecule has 0 bridgehead atoms. The minimum Gasteiger partial charge on any atom is -0.477 e. The fourth-order valence-electron chi connectivity index (χ4n) is 2.10. The molecule has 1 aliphatic rings. The van der Waals surface area contributed by atoms with Crippen LogP contribution in [0.25, 0.3) is 0 Å². The van der Waals surface area contributed by atoms with Gasteiger partial charge in [-0.1, -0.05) is 0 Å². The minimum atomic E-state index is -0.849. The van der Waals surface area contributed by atoms with Crippen LogP contribution in [-0.4, -0.2) is 54.9 Å². The summed E-state index contributed by atoms with van der Waals surface area (Å²) < 4.78 is 5.32. The smallest absolute Gasteiger partial charge is 0.345 e. The molecule has 1 unspecified atom stereocenters. The van der Waals surface area contributed by atoms with Crippen molar-refractivity contribution in [2.75, 3.05) is 32.8 Å². The van der Waals surface area contributed by atoms with Crippen molar-refractivity contribution in [1.29, 1.82) is 0 Å². The number of hydrogen-bond donors (Lipinski definition) is 2. The molecule has 1 atom stereocenters. The van der Waals surface area contributed by atoms with Crippen molar-refractivity contribution in [1.82, 2.24) is 10.2 Å². The topological polar surface area (TPSA) is 61.8 Å². The second-order valence-corrected chi connectivity index (χ2v) is 5.93. The number of carbonyl (C=O) groups is 1. The number of nitrogens with one attached hydrogen (secondary N) is 1. The lowest BCUT2D eigenvalue weighted by Gasteiger charge is -2.29. The molecule has 6 heteroatoms. The van der Waals surface area contributed by atoms with Gasteiger partial charge in [0.15, 0.2) is 0 Å². The molecule has 0 radical (unpaired) electrons. The van der Waals surface area contributed by atoms with Crippen LogP contribution in [0, 0.1) is 0 Å². The number of rotatable bonds is 6. The van der Waals surface area contributed by atoms with Crippen LogP contribution in [0.1, 0.15) is 21.5 Å². The number of carboxylic acids is 1. The lowest BCUT2D eigenvalue weighted by molar-refractivity contribution is 0.0343. The van der Waals surface area contributed by atoms with Crippen molar-refractivity contribution in [2.45, 2.75) is 19.5 Å². The van der Waals surface area contributed by atoms with Gasteiger partial charge in [0.25, 0.3) is 0 Å². The Hall–Kier alpha value is -0.950. The van der Waals surface area contributed by atoms with Gasteiger partial charge < -0.3 is 15.2 Å². The summed E-state index contributed by atoms with van der Waals surface area (Å²) in [6.07, 6.45) is 0. The van der Waals surface area contributed by atoms with Crippen molar-refractivity contribution in [2.24, 2.45) is 0 Å². The van der Waals surface area contributed by atoms with Gasteiger partial charge in [-0.2, -0.15) is 0 Å². The van der Waals surface area contributed by atoms with Gasteiger partial charge in [-0.15, -0.1) is 11.3 Å². The molecule has 0 aromatic carbocycles. The molecule has 1 saturated heterocycles. The molecular weight excluding hydrogens is 264 g/mol. The quantitative estimate of drug-likeness (QED) is 0.823. The van der Waals surface area contributed by atoms with Crippen molar-refractivity contribution in [3.8, 4) is 0 Å². The van der Waals surface area contributed by atoms with E-state index >= 15 is 0 Å². The fourth-order valence-corrected chi connectivity index (χ4v) is 2.90. The predicted molar refractivity (Wildman–Crippen MR) is 74.8 cm³/mol. The van der Waals surface area contributed by atoms with E-state index < -0.39 is 5.97 Å². The van der Waals surface area contributed by atoms with Gasteiger partial charge in [-0.25, -0.2) is 4.79 Å². The van der Waals surface area contributed by atoms with E-state index in [1.54, 1.807) is 6.07 Å². The van der Waals surface area contributed by atoms with Gasteiger partial charge in [0, 0.05) is 37.1 Å². The largest absolute Gasteiger partial charge is 0.477 e. The first-order valence-electron chi connectivity index (χ1n) is 6.50. The average molecular weight is 284 g/mol. The zero-order valence-electron chi connectivity index (χ0n) is 11.1. The summed E-state index contributed by atoms with van der Waals surface area (Å²) in [4.78, 5) is 14.6. The fraction of sp³-hybridized carbons (Fsp3) is 0.615. The van der Waals surface area contributed by atoms with Crippen LogP contribution in [0.2, 0.25) is 0 Å². The lowest BCUT2D eigenvalue weighted by Crippen LogP contribution is -2.44. The first-order chi connectivity index (χ1) is 9.15. The number of thiophene rings is 1. The third-order valence-electron chi connectivity index (χ3n) is 3.13. The van der Waals surface area contributed by atoms with Crippen molar-refractivity contribution < 1.29 is 14.6 Å². The number of carboxylic acid groups (broad SMARTS) is 1. The maximum absolute atomic E-state index is 10.8. The number of ether oxygens (including phenoxy) is 1. The van der Waals surface area contributed by atoms with Crippen LogP contribution < -0.4 is 5.32 Å². The third-order valence-corrected chi connectivity index (χ3v) is 4.21. The Kier molecular flexibility index (Phi) is 5.33. The number of aromatic carboxylic acids is 1. The second kappa shape index (κ2) is 7.00. The highest BCUT2D eigenvalue weighted by Crippen LogP contribution is 2.16. The van der Waals surface area contributed by atoms with Gasteiger partial charge in [-0.3, -0.25) is 4.90 Å². The van der Waals surface area contributed by atoms with E-state index in [1.807, 2.05) is 6.07 Å². The van der Waals surface area contributed by atoms with Gasteiger partial charge in [0.05, 0.1) is 13.2 Å². The summed E-state index contributed by atoms with van der Waals surface area (Å²) in [7, 11) is 0. The number of hydrogen-bond acceptors (Lipinski definition) is 5. The molecule has 1 aromatic rings. The molecular formula is C13H20N2O3S. The lowest BCUT2D eigenvalue weighted by atomic mass is 10.3. The molecule has 0 amide bonds. The predicted octanol–water partition coefficient (Wildman–Crippen LogP) is 1.26. The molecule has 1 aromatic heterocycles. The van der Waals surface area contributed by atoms with Crippen LogP contribution in [-0.2, 0) is 11.3 Å². The SMILES string of the molecule is CC(CN1CCOCC1)NCc1ccc(C(=O)O)s1. The summed E-state index contributed by atoms with van der Waals surface area (Å²) in [5, 5.41) is 12.3. The van der Waals surface area contributed by atoms with E-state index in [1.165, 1.54) is 11.3 Å². The summed E-state index contributed by atoms with van der Waals surface area (Å²) >= 11 is 1.33. The minimum absolute atomic E-state index is 0.383. The molecule has 106 valence electrons. The van der Waals surface area contributed by atoms with E-state index in [9.17, 15) is 4.79 Å². The van der Waals surface area contributed by atoms with E-state index in [0.29, 0.717) is 10.9 Å². The maximum atomic E-state index is 10.8. The normalized spacial score (nSPS) is 18.4. The summed E-state index contributed by atoms with van der Waals surface area (Å²) in [5.41, 5.74) is 0. The first kappa shape index (κ1) is 14.5. The zero-order chi connectivity index (χ0) is 13.7. The Labute approximate surface area is 117 Å². The van der Waals surface area contributed by atoms with Crippen LogP contribution in [0.4, 0.5) is 0 Å². The molecule has 1 fully saturated rings. The van der Waals surface area contributed by atoms with E-state index in [2.05, 4.69) is 17.1 Å². The van der Waals surface area contributed by atoms with Crippen LogP contribution >= 0.6 is 11.3 Å².